The number of ether oxygens (including phenoxy) is 1. The van der Waals surface area contributed by atoms with Gasteiger partial charge in [0.1, 0.15) is 5.41 Å². The number of benzene rings is 2. The molecule has 1 atom stereocenters. The largest absolute Gasteiger partial charge is 0.505 e. The second kappa shape index (κ2) is 7.08. The molecule has 0 saturated heterocycles. The molecule has 0 radical (unpaired) electrons. The summed E-state index contributed by atoms with van der Waals surface area (Å²) in [6, 6.07) is 21.7. The van der Waals surface area contributed by atoms with Gasteiger partial charge in [-0.25, -0.2) is 0 Å². The van der Waals surface area contributed by atoms with Gasteiger partial charge >= 0.3 is 0 Å². The fourth-order valence-electron chi connectivity index (χ4n) is 3.71. The van der Waals surface area contributed by atoms with Crippen LogP contribution in [0.5, 0.6) is 0 Å². The lowest BCUT2D eigenvalue weighted by atomic mass is 9.76. The van der Waals surface area contributed by atoms with Crippen molar-refractivity contribution in [1.82, 2.24) is 4.98 Å². The van der Waals surface area contributed by atoms with Crippen molar-refractivity contribution in [2.75, 3.05) is 12.0 Å². The average molecular weight is 356 g/mol. The summed E-state index contributed by atoms with van der Waals surface area (Å²) in [5.41, 5.74) is 2.81. The van der Waals surface area contributed by atoms with E-state index in [0.29, 0.717) is 6.54 Å². The summed E-state index contributed by atoms with van der Waals surface area (Å²) < 4.78 is 5.20. The van der Waals surface area contributed by atoms with E-state index in [4.69, 9.17) is 4.74 Å². The van der Waals surface area contributed by atoms with Crippen molar-refractivity contribution in [3.63, 3.8) is 0 Å². The number of anilines is 1. The third kappa shape index (κ3) is 2.79. The third-order valence-corrected chi connectivity index (χ3v) is 4.96. The molecular weight excluding hydrogens is 336 g/mol. The first-order valence-corrected chi connectivity index (χ1v) is 8.84. The standard InChI is InChI=1S/C23H20N2O2/c1-27-15-13-23(19-10-7-14-24-16-19)20-11-5-6-12-21(20)25(22(23)26)17-18-8-3-2-4-9-18/h2-16H,17H2,1H3/b15-13+/t23-/m0/s1. The Morgan fingerprint density at radius 2 is 1.81 bits per heavy atom. The van der Waals surface area contributed by atoms with E-state index in [-0.39, 0.29) is 5.91 Å². The van der Waals surface area contributed by atoms with Gasteiger partial charge in [-0.15, -0.1) is 0 Å². The van der Waals surface area contributed by atoms with Crippen LogP contribution in [0.15, 0.2) is 91.5 Å². The smallest absolute Gasteiger partial charge is 0.246 e. The molecule has 4 heteroatoms. The maximum atomic E-state index is 13.8. The minimum atomic E-state index is -0.949. The number of rotatable bonds is 5. The van der Waals surface area contributed by atoms with Crippen LogP contribution in [0.2, 0.25) is 0 Å². The number of para-hydroxylation sites is 1. The molecule has 0 unspecified atom stereocenters. The van der Waals surface area contributed by atoms with E-state index in [9.17, 15) is 4.79 Å². The van der Waals surface area contributed by atoms with E-state index in [1.165, 1.54) is 0 Å². The molecule has 0 spiro atoms. The molecule has 0 bridgehead atoms. The fourth-order valence-corrected chi connectivity index (χ4v) is 3.71. The number of hydrogen-bond acceptors (Lipinski definition) is 3. The maximum Gasteiger partial charge on any atom is 0.246 e. The lowest BCUT2D eigenvalue weighted by Crippen LogP contribution is -2.39. The topological polar surface area (TPSA) is 42.4 Å². The van der Waals surface area contributed by atoms with Gasteiger partial charge in [-0.2, -0.15) is 0 Å². The van der Waals surface area contributed by atoms with E-state index in [1.54, 1.807) is 25.8 Å². The van der Waals surface area contributed by atoms with Gasteiger partial charge in [-0.1, -0.05) is 54.6 Å². The zero-order valence-corrected chi connectivity index (χ0v) is 15.1. The van der Waals surface area contributed by atoms with Gasteiger partial charge in [0.2, 0.25) is 5.91 Å². The molecule has 3 aromatic rings. The first kappa shape index (κ1) is 17.0. The third-order valence-electron chi connectivity index (χ3n) is 4.96. The highest BCUT2D eigenvalue weighted by molar-refractivity contribution is 6.11. The number of pyridine rings is 1. The summed E-state index contributed by atoms with van der Waals surface area (Å²) in [6.45, 7) is 0.513. The number of nitrogens with zero attached hydrogens (tertiary/aromatic N) is 2. The normalized spacial score (nSPS) is 18.7. The Morgan fingerprint density at radius 1 is 1.04 bits per heavy atom. The van der Waals surface area contributed by atoms with Crippen LogP contribution in [0, 0.1) is 0 Å². The highest BCUT2D eigenvalue weighted by atomic mass is 16.5. The minimum Gasteiger partial charge on any atom is -0.505 e. The van der Waals surface area contributed by atoms with Gasteiger partial charge in [-0.05, 0) is 34.9 Å². The molecule has 2 aromatic carbocycles. The van der Waals surface area contributed by atoms with Crippen molar-refractivity contribution in [1.29, 1.82) is 0 Å². The van der Waals surface area contributed by atoms with Crippen molar-refractivity contribution in [3.05, 3.63) is 108 Å². The highest BCUT2D eigenvalue weighted by Crippen LogP contribution is 2.47. The molecule has 27 heavy (non-hydrogen) atoms. The number of carbonyl (C=O) groups excluding carboxylic acids is 1. The molecular formula is C23H20N2O2. The molecule has 1 aliphatic rings. The average Bonchev–Trinajstić information content (AvgIpc) is 2.97. The van der Waals surface area contributed by atoms with Crippen molar-refractivity contribution in [2.24, 2.45) is 0 Å². The van der Waals surface area contributed by atoms with Gasteiger partial charge in [0.05, 0.1) is 19.9 Å². The second-order valence-electron chi connectivity index (χ2n) is 6.48. The summed E-state index contributed by atoms with van der Waals surface area (Å²) in [5.74, 6) is -0.00569. The van der Waals surface area contributed by atoms with Crippen LogP contribution in [0.4, 0.5) is 5.69 Å². The first-order chi connectivity index (χ1) is 13.3. The molecule has 0 fully saturated rings. The van der Waals surface area contributed by atoms with Crippen molar-refractivity contribution >= 4 is 11.6 Å². The van der Waals surface area contributed by atoms with E-state index < -0.39 is 5.41 Å². The van der Waals surface area contributed by atoms with Gasteiger partial charge in [0.25, 0.3) is 0 Å². The zero-order chi connectivity index (χ0) is 18.7. The predicted octanol–water partition coefficient (Wildman–Crippen LogP) is 4.07. The zero-order valence-electron chi connectivity index (χ0n) is 15.1. The Hall–Kier alpha value is -3.40. The Kier molecular flexibility index (Phi) is 4.47. The molecule has 0 aliphatic carbocycles. The van der Waals surface area contributed by atoms with Gasteiger partial charge < -0.3 is 9.64 Å². The first-order valence-electron chi connectivity index (χ1n) is 8.84. The summed E-state index contributed by atoms with van der Waals surface area (Å²) in [5, 5.41) is 0. The molecule has 134 valence electrons. The second-order valence-corrected chi connectivity index (χ2v) is 6.48. The number of aromatic nitrogens is 1. The monoisotopic (exact) mass is 356 g/mol. The van der Waals surface area contributed by atoms with Crippen LogP contribution in [-0.4, -0.2) is 18.0 Å². The lowest BCUT2D eigenvalue weighted by Gasteiger charge is -2.26. The SMILES string of the molecule is CO/C=C/[C@@]1(c2cccnc2)C(=O)N(Cc2ccccc2)c2ccccc21. The Bertz CT molecular complexity index is 970. The molecule has 1 amide bonds. The summed E-state index contributed by atoms with van der Waals surface area (Å²) in [7, 11) is 1.58. The summed E-state index contributed by atoms with van der Waals surface area (Å²) >= 11 is 0. The molecule has 0 saturated carbocycles. The van der Waals surface area contributed by atoms with Gasteiger partial charge in [0.15, 0.2) is 0 Å². The molecule has 2 heterocycles. The highest BCUT2D eigenvalue weighted by Gasteiger charge is 2.50. The minimum absolute atomic E-state index is 0.00569. The summed E-state index contributed by atoms with van der Waals surface area (Å²) in [6.07, 6.45) is 6.87. The van der Waals surface area contributed by atoms with E-state index in [2.05, 4.69) is 4.98 Å². The molecule has 0 N–H and O–H groups in total. The quantitative estimate of drug-likeness (QED) is 0.647. The molecule has 4 nitrogen and oxygen atoms in total. The van der Waals surface area contributed by atoms with Crippen molar-refractivity contribution in [2.45, 2.75) is 12.0 Å². The number of hydrogen-bond donors (Lipinski definition) is 0. The van der Waals surface area contributed by atoms with Gasteiger partial charge in [0, 0.05) is 18.1 Å². The number of methoxy groups -OCH3 is 1. The lowest BCUT2D eigenvalue weighted by molar-refractivity contribution is -0.120. The van der Waals surface area contributed by atoms with Crippen LogP contribution >= 0.6 is 0 Å². The van der Waals surface area contributed by atoms with Crippen LogP contribution in [0.3, 0.4) is 0 Å². The Labute approximate surface area is 158 Å². The van der Waals surface area contributed by atoms with Crippen LogP contribution in [0.1, 0.15) is 16.7 Å². The van der Waals surface area contributed by atoms with Crippen molar-refractivity contribution in [3.8, 4) is 0 Å². The van der Waals surface area contributed by atoms with E-state index in [0.717, 1.165) is 22.4 Å². The van der Waals surface area contributed by atoms with E-state index in [1.807, 2.05) is 77.7 Å². The summed E-state index contributed by atoms with van der Waals surface area (Å²) in [4.78, 5) is 19.9. The molecule has 1 aliphatic heterocycles. The molecule has 1 aromatic heterocycles. The van der Waals surface area contributed by atoms with Crippen LogP contribution in [0.25, 0.3) is 0 Å². The van der Waals surface area contributed by atoms with Crippen molar-refractivity contribution < 1.29 is 9.53 Å². The predicted molar refractivity (Wildman–Crippen MR) is 105 cm³/mol. The van der Waals surface area contributed by atoms with E-state index >= 15 is 0 Å². The fraction of sp³-hybridized carbons (Fsp3) is 0.130. The number of carbonyl (C=O) groups is 1. The van der Waals surface area contributed by atoms with Crippen LogP contribution in [-0.2, 0) is 21.5 Å². The maximum absolute atomic E-state index is 13.8. The number of amides is 1. The molecule has 4 rings (SSSR count). The van der Waals surface area contributed by atoms with Crippen LogP contribution < -0.4 is 4.90 Å². The Morgan fingerprint density at radius 3 is 2.56 bits per heavy atom. The van der Waals surface area contributed by atoms with Gasteiger partial charge in [-0.3, -0.25) is 9.78 Å². The number of fused-ring (bicyclic) bond motifs is 1. The Balaban J connectivity index is 1.89.